The molecule has 0 saturated carbocycles. The highest BCUT2D eigenvalue weighted by Gasteiger charge is 2.32. The number of carbonyl (C=O) groups is 3. The van der Waals surface area contributed by atoms with Gasteiger partial charge in [-0.15, -0.1) is 0 Å². The van der Waals surface area contributed by atoms with Crippen LogP contribution in [0.5, 0.6) is 0 Å². The van der Waals surface area contributed by atoms with Crippen molar-refractivity contribution in [2.24, 2.45) is 5.92 Å². The second-order valence-electron chi connectivity index (χ2n) is 4.43. The first kappa shape index (κ1) is 14.3. The van der Waals surface area contributed by atoms with E-state index in [1.165, 1.54) is 7.05 Å². The first-order valence-corrected chi connectivity index (χ1v) is 5.93. The number of likely N-dealkylation sites (N-methyl/N-ethyl adjacent to an activating group) is 1. The molecule has 1 fully saturated rings. The van der Waals surface area contributed by atoms with Crippen molar-refractivity contribution in [2.45, 2.75) is 25.8 Å². The third-order valence-electron chi connectivity index (χ3n) is 3.17. The molecule has 0 spiro atoms. The molecule has 0 aliphatic carbocycles. The van der Waals surface area contributed by atoms with Crippen molar-refractivity contribution in [1.29, 1.82) is 0 Å². The van der Waals surface area contributed by atoms with Crippen LogP contribution in [-0.2, 0) is 9.59 Å². The number of nitrogens with one attached hydrogen (secondary N) is 2. The molecule has 0 radical (unpaired) electrons. The molecule has 102 valence electrons. The third-order valence-corrected chi connectivity index (χ3v) is 3.17. The summed E-state index contributed by atoms with van der Waals surface area (Å²) in [4.78, 5) is 35.2. The summed E-state index contributed by atoms with van der Waals surface area (Å²) in [6.07, 6.45) is 0.899. The number of piperidine rings is 1. The number of aliphatic carboxylic acids is 1. The van der Waals surface area contributed by atoms with E-state index in [9.17, 15) is 14.4 Å². The average molecular weight is 257 g/mol. The van der Waals surface area contributed by atoms with E-state index in [0.29, 0.717) is 19.4 Å². The Kier molecular flexibility index (Phi) is 4.94. The van der Waals surface area contributed by atoms with Crippen molar-refractivity contribution in [2.75, 3.05) is 20.1 Å². The Hall–Kier alpha value is -1.79. The van der Waals surface area contributed by atoms with Crippen LogP contribution in [-0.4, -0.2) is 54.1 Å². The van der Waals surface area contributed by atoms with Gasteiger partial charge in [0.15, 0.2) is 0 Å². The number of amides is 3. The summed E-state index contributed by atoms with van der Waals surface area (Å²) in [6, 6.07) is -0.459. The van der Waals surface area contributed by atoms with Gasteiger partial charge in [-0.25, -0.2) is 4.79 Å². The third kappa shape index (κ3) is 3.61. The minimum absolute atomic E-state index is 0.0685. The molecule has 0 aromatic rings. The lowest BCUT2D eigenvalue weighted by Crippen LogP contribution is -2.51. The average Bonchev–Trinajstić information content (AvgIpc) is 2.35. The first-order chi connectivity index (χ1) is 8.45. The molecule has 1 saturated heterocycles. The highest BCUT2D eigenvalue weighted by molar-refractivity contribution is 5.84. The maximum atomic E-state index is 11.8. The van der Waals surface area contributed by atoms with Crippen LogP contribution in [0.2, 0.25) is 0 Å². The first-order valence-electron chi connectivity index (χ1n) is 5.93. The topological polar surface area (TPSA) is 98.7 Å². The molecule has 2 atom stereocenters. The molecular formula is C11H19N3O4. The van der Waals surface area contributed by atoms with E-state index in [1.807, 2.05) is 6.92 Å². The summed E-state index contributed by atoms with van der Waals surface area (Å²) in [6.45, 7) is 2.15. The summed E-state index contributed by atoms with van der Waals surface area (Å²) in [7, 11) is 1.50. The van der Waals surface area contributed by atoms with Gasteiger partial charge in [-0.2, -0.15) is 0 Å². The number of carbonyl (C=O) groups excluding carboxylic acids is 2. The lowest BCUT2D eigenvalue weighted by molar-refractivity contribution is -0.143. The maximum absolute atomic E-state index is 11.8. The molecule has 2 unspecified atom stereocenters. The predicted octanol–water partition coefficient (Wildman–Crippen LogP) is -0.373. The van der Waals surface area contributed by atoms with E-state index in [1.54, 1.807) is 4.90 Å². The van der Waals surface area contributed by atoms with E-state index in [4.69, 9.17) is 5.11 Å². The zero-order valence-electron chi connectivity index (χ0n) is 10.6. The van der Waals surface area contributed by atoms with Gasteiger partial charge >= 0.3 is 12.0 Å². The van der Waals surface area contributed by atoms with Gasteiger partial charge in [0.2, 0.25) is 5.91 Å². The fourth-order valence-corrected chi connectivity index (χ4v) is 2.04. The van der Waals surface area contributed by atoms with Gasteiger partial charge in [0.1, 0.15) is 0 Å². The molecule has 1 rings (SSSR count). The molecule has 3 amide bonds. The van der Waals surface area contributed by atoms with E-state index in [-0.39, 0.29) is 30.4 Å². The van der Waals surface area contributed by atoms with Gasteiger partial charge in [-0.1, -0.05) is 0 Å². The monoisotopic (exact) mass is 257 g/mol. The second-order valence-corrected chi connectivity index (χ2v) is 4.43. The zero-order valence-corrected chi connectivity index (χ0v) is 10.6. The lowest BCUT2D eigenvalue weighted by Gasteiger charge is -2.36. The molecule has 7 heteroatoms. The predicted molar refractivity (Wildman–Crippen MR) is 64.0 cm³/mol. The largest absolute Gasteiger partial charge is 0.481 e. The Morgan fingerprint density at radius 2 is 2.06 bits per heavy atom. The summed E-state index contributed by atoms with van der Waals surface area (Å²) in [5, 5.41) is 13.8. The molecule has 18 heavy (non-hydrogen) atoms. The normalized spacial score (nSPS) is 23.3. The van der Waals surface area contributed by atoms with Gasteiger partial charge in [0, 0.05) is 19.6 Å². The summed E-state index contributed by atoms with van der Waals surface area (Å²) in [5.74, 6) is -1.47. The maximum Gasteiger partial charge on any atom is 0.318 e. The number of carboxylic acids is 1. The molecular weight excluding hydrogens is 238 g/mol. The quantitative estimate of drug-likeness (QED) is 0.642. The Morgan fingerprint density at radius 1 is 1.39 bits per heavy atom. The van der Waals surface area contributed by atoms with Gasteiger partial charge in [0.25, 0.3) is 0 Å². The Morgan fingerprint density at radius 3 is 2.56 bits per heavy atom. The van der Waals surface area contributed by atoms with Gasteiger partial charge in [-0.05, 0) is 19.8 Å². The van der Waals surface area contributed by atoms with Gasteiger partial charge < -0.3 is 20.6 Å². The Labute approximate surface area is 106 Å². The molecule has 7 nitrogen and oxygen atoms in total. The van der Waals surface area contributed by atoms with Crippen LogP contribution in [0.4, 0.5) is 4.79 Å². The molecule has 1 aliphatic heterocycles. The number of urea groups is 1. The van der Waals surface area contributed by atoms with E-state index in [2.05, 4.69) is 10.6 Å². The number of likely N-dealkylation sites (tertiary alicyclic amines) is 1. The van der Waals surface area contributed by atoms with Gasteiger partial charge in [-0.3, -0.25) is 9.59 Å². The molecule has 3 N–H and O–H groups in total. The molecule has 0 aromatic heterocycles. The van der Waals surface area contributed by atoms with Crippen molar-refractivity contribution in [3.8, 4) is 0 Å². The summed E-state index contributed by atoms with van der Waals surface area (Å²) in [5.41, 5.74) is 0. The number of carboxylic acid groups (broad SMARTS) is 1. The molecule has 0 aromatic carbocycles. The van der Waals surface area contributed by atoms with Crippen LogP contribution in [0.1, 0.15) is 19.8 Å². The minimum atomic E-state index is -0.813. The van der Waals surface area contributed by atoms with E-state index in [0.717, 1.165) is 0 Å². The standard InChI is InChI=1S/C11H19N3O4/c1-7-5-8(10(16)17)3-4-14(7)11(18)13-6-9(15)12-2/h7-8H,3-6H2,1-2H3,(H,12,15)(H,13,18)(H,16,17). The van der Waals surface area contributed by atoms with E-state index < -0.39 is 5.97 Å². The fourth-order valence-electron chi connectivity index (χ4n) is 2.04. The molecule has 1 aliphatic rings. The van der Waals surface area contributed by atoms with E-state index >= 15 is 0 Å². The fraction of sp³-hybridized carbons (Fsp3) is 0.727. The second kappa shape index (κ2) is 6.23. The highest BCUT2D eigenvalue weighted by Crippen LogP contribution is 2.22. The van der Waals surface area contributed by atoms with Crippen molar-refractivity contribution < 1.29 is 19.5 Å². The molecule has 0 bridgehead atoms. The van der Waals surface area contributed by atoms with Crippen LogP contribution >= 0.6 is 0 Å². The number of nitrogens with zero attached hydrogens (tertiary/aromatic N) is 1. The van der Waals surface area contributed by atoms with Crippen molar-refractivity contribution >= 4 is 17.9 Å². The SMILES string of the molecule is CNC(=O)CNC(=O)N1CCC(C(=O)O)CC1C. The summed E-state index contributed by atoms with van der Waals surface area (Å²) < 4.78 is 0. The Balaban J connectivity index is 2.45. The highest BCUT2D eigenvalue weighted by atomic mass is 16.4. The van der Waals surface area contributed by atoms with Crippen LogP contribution in [0.25, 0.3) is 0 Å². The Bertz CT molecular complexity index is 345. The summed E-state index contributed by atoms with van der Waals surface area (Å²) >= 11 is 0. The minimum Gasteiger partial charge on any atom is -0.481 e. The van der Waals surface area contributed by atoms with Gasteiger partial charge in [0.05, 0.1) is 12.5 Å². The van der Waals surface area contributed by atoms with Crippen molar-refractivity contribution in [3.05, 3.63) is 0 Å². The van der Waals surface area contributed by atoms with Crippen LogP contribution in [0.3, 0.4) is 0 Å². The number of hydrogen-bond donors (Lipinski definition) is 3. The lowest BCUT2D eigenvalue weighted by atomic mass is 9.92. The van der Waals surface area contributed by atoms with Crippen LogP contribution < -0.4 is 10.6 Å². The van der Waals surface area contributed by atoms with Crippen molar-refractivity contribution in [1.82, 2.24) is 15.5 Å². The smallest absolute Gasteiger partial charge is 0.318 e. The number of rotatable bonds is 3. The number of hydrogen-bond acceptors (Lipinski definition) is 3. The van der Waals surface area contributed by atoms with Crippen molar-refractivity contribution in [3.63, 3.8) is 0 Å². The van der Waals surface area contributed by atoms with Crippen LogP contribution in [0.15, 0.2) is 0 Å². The zero-order chi connectivity index (χ0) is 13.7. The van der Waals surface area contributed by atoms with Crippen LogP contribution in [0, 0.1) is 5.92 Å². The molecule has 1 heterocycles.